The highest BCUT2D eigenvalue weighted by molar-refractivity contribution is 7.88. The van der Waals surface area contributed by atoms with Crippen molar-refractivity contribution in [3.05, 3.63) is 29.8 Å². The number of nitrogens with one attached hydrogen (secondary N) is 1. The predicted molar refractivity (Wildman–Crippen MR) is 89.8 cm³/mol. The van der Waals surface area contributed by atoms with Gasteiger partial charge in [-0.15, -0.1) is 0 Å². The zero-order valence-corrected chi connectivity index (χ0v) is 14.4. The maximum atomic E-state index is 12.0. The van der Waals surface area contributed by atoms with E-state index < -0.39 is 10.0 Å². The van der Waals surface area contributed by atoms with Crippen molar-refractivity contribution in [1.29, 1.82) is 0 Å². The molecule has 1 aliphatic heterocycles. The molecule has 23 heavy (non-hydrogen) atoms. The Balaban J connectivity index is 1.86. The quantitative estimate of drug-likeness (QED) is 0.821. The number of hydrogen-bond donors (Lipinski definition) is 1. The minimum absolute atomic E-state index is 0.0649. The van der Waals surface area contributed by atoms with E-state index in [1.165, 1.54) is 10.6 Å². The fourth-order valence-corrected chi connectivity index (χ4v) is 3.35. The molecule has 1 N–H and O–H groups in total. The lowest BCUT2D eigenvalue weighted by atomic mass is 10.2. The molecular formula is C16H24N2O4S. The lowest BCUT2D eigenvalue weighted by molar-refractivity contribution is -0.116. The maximum absolute atomic E-state index is 12.0. The van der Waals surface area contributed by atoms with Gasteiger partial charge < -0.3 is 10.1 Å². The van der Waals surface area contributed by atoms with Crippen LogP contribution in [0.25, 0.3) is 0 Å². The van der Waals surface area contributed by atoms with Crippen LogP contribution in [0.2, 0.25) is 0 Å². The maximum Gasteiger partial charge on any atom is 0.225 e. The summed E-state index contributed by atoms with van der Waals surface area (Å²) in [5.41, 5.74) is 1.83. The average molecular weight is 340 g/mol. The van der Waals surface area contributed by atoms with Crippen LogP contribution in [-0.2, 0) is 19.6 Å². The molecule has 0 aromatic heterocycles. The second-order valence-corrected chi connectivity index (χ2v) is 7.90. The Labute approximate surface area is 137 Å². The molecule has 0 radical (unpaired) electrons. The van der Waals surface area contributed by atoms with Gasteiger partial charge in [0, 0.05) is 31.8 Å². The second-order valence-electron chi connectivity index (χ2n) is 5.92. The van der Waals surface area contributed by atoms with Gasteiger partial charge in [-0.3, -0.25) is 4.79 Å². The summed E-state index contributed by atoms with van der Waals surface area (Å²) in [5.74, 6) is -0.199. The van der Waals surface area contributed by atoms with E-state index in [1.807, 2.05) is 31.2 Å². The largest absolute Gasteiger partial charge is 0.377 e. The van der Waals surface area contributed by atoms with Crippen LogP contribution < -0.4 is 5.32 Å². The van der Waals surface area contributed by atoms with Crippen LogP contribution in [-0.4, -0.2) is 50.7 Å². The van der Waals surface area contributed by atoms with Gasteiger partial charge in [0.15, 0.2) is 0 Å². The van der Waals surface area contributed by atoms with Gasteiger partial charge in [0.05, 0.1) is 12.4 Å². The number of carbonyl (C=O) groups excluding carboxylic acids is 1. The number of amides is 1. The first-order chi connectivity index (χ1) is 10.8. The van der Waals surface area contributed by atoms with Gasteiger partial charge in [0.1, 0.15) is 0 Å². The molecule has 1 atom stereocenters. The fourth-order valence-electron chi connectivity index (χ4n) is 2.49. The molecule has 0 bridgehead atoms. The van der Waals surface area contributed by atoms with Crippen LogP contribution in [0.3, 0.4) is 0 Å². The summed E-state index contributed by atoms with van der Waals surface area (Å²) in [4.78, 5) is 12.0. The molecule has 0 aliphatic carbocycles. The molecule has 7 heteroatoms. The van der Waals surface area contributed by atoms with Crippen molar-refractivity contribution in [3.63, 3.8) is 0 Å². The molecule has 128 valence electrons. The average Bonchev–Trinajstić information content (AvgIpc) is 2.98. The molecule has 1 aliphatic rings. The van der Waals surface area contributed by atoms with E-state index >= 15 is 0 Å². The minimum atomic E-state index is -3.35. The van der Waals surface area contributed by atoms with Crippen LogP contribution in [0.4, 0.5) is 5.69 Å². The Kier molecular flexibility index (Phi) is 6.15. The highest BCUT2D eigenvalue weighted by Crippen LogP contribution is 2.15. The van der Waals surface area contributed by atoms with E-state index in [2.05, 4.69) is 5.32 Å². The molecule has 1 aromatic carbocycles. The topological polar surface area (TPSA) is 75.7 Å². The highest BCUT2D eigenvalue weighted by atomic mass is 32.2. The van der Waals surface area contributed by atoms with E-state index in [1.54, 1.807) is 0 Å². The zero-order chi connectivity index (χ0) is 16.9. The molecule has 2 rings (SSSR count). The van der Waals surface area contributed by atoms with E-state index in [4.69, 9.17) is 4.74 Å². The third-order valence-corrected chi connectivity index (χ3v) is 5.09. The summed E-state index contributed by atoms with van der Waals surface area (Å²) >= 11 is 0. The summed E-state index contributed by atoms with van der Waals surface area (Å²) in [7, 11) is -3.35. The molecule has 0 spiro atoms. The van der Waals surface area contributed by atoms with Crippen molar-refractivity contribution in [1.82, 2.24) is 4.31 Å². The van der Waals surface area contributed by atoms with Crippen LogP contribution in [0.1, 0.15) is 24.8 Å². The number of anilines is 1. The van der Waals surface area contributed by atoms with Gasteiger partial charge >= 0.3 is 0 Å². The SMILES string of the molecule is Cc1ccc(NC(=O)CCN(CC2CCCO2)S(C)(=O)=O)cc1. The molecule has 1 fully saturated rings. The number of carbonyl (C=O) groups is 1. The summed E-state index contributed by atoms with van der Waals surface area (Å²) in [5, 5.41) is 2.78. The third kappa shape index (κ3) is 5.93. The van der Waals surface area contributed by atoms with E-state index in [9.17, 15) is 13.2 Å². The number of rotatable bonds is 7. The van der Waals surface area contributed by atoms with Crippen LogP contribution >= 0.6 is 0 Å². The second kappa shape index (κ2) is 7.90. The van der Waals surface area contributed by atoms with Gasteiger partial charge in [-0.05, 0) is 31.9 Å². The first kappa shape index (κ1) is 17.9. The van der Waals surface area contributed by atoms with Crippen molar-refractivity contribution in [2.45, 2.75) is 32.3 Å². The smallest absolute Gasteiger partial charge is 0.225 e. The molecule has 1 saturated heterocycles. The Hall–Kier alpha value is -1.44. The Morgan fingerprint density at radius 1 is 1.35 bits per heavy atom. The number of ether oxygens (including phenoxy) is 1. The Morgan fingerprint density at radius 3 is 2.61 bits per heavy atom. The molecular weight excluding hydrogens is 316 g/mol. The number of sulfonamides is 1. The summed E-state index contributed by atoms with van der Waals surface area (Å²) < 4.78 is 30.5. The molecule has 1 amide bonds. The number of benzene rings is 1. The molecule has 1 unspecified atom stereocenters. The monoisotopic (exact) mass is 340 g/mol. The molecule has 0 saturated carbocycles. The Morgan fingerprint density at radius 2 is 2.04 bits per heavy atom. The lowest BCUT2D eigenvalue weighted by Gasteiger charge is -2.22. The Bertz CT molecular complexity index is 622. The first-order valence-corrected chi connectivity index (χ1v) is 9.62. The van der Waals surface area contributed by atoms with Crippen LogP contribution in [0.5, 0.6) is 0 Å². The zero-order valence-electron chi connectivity index (χ0n) is 13.6. The third-order valence-electron chi connectivity index (χ3n) is 3.82. The van der Waals surface area contributed by atoms with Gasteiger partial charge in [0.25, 0.3) is 0 Å². The predicted octanol–water partition coefficient (Wildman–Crippen LogP) is 1.76. The lowest BCUT2D eigenvalue weighted by Crippen LogP contribution is -2.38. The van der Waals surface area contributed by atoms with Gasteiger partial charge in [0.2, 0.25) is 15.9 Å². The van der Waals surface area contributed by atoms with Crippen molar-refractivity contribution in [2.75, 3.05) is 31.3 Å². The van der Waals surface area contributed by atoms with Crippen molar-refractivity contribution in [2.24, 2.45) is 0 Å². The van der Waals surface area contributed by atoms with Crippen molar-refractivity contribution >= 4 is 21.6 Å². The standard InChI is InChI=1S/C16H24N2O4S/c1-13-5-7-14(8-6-13)17-16(19)9-10-18(23(2,20)21)12-15-4-3-11-22-15/h5-8,15H,3-4,9-12H2,1-2H3,(H,17,19). The van der Waals surface area contributed by atoms with Crippen LogP contribution in [0.15, 0.2) is 24.3 Å². The summed E-state index contributed by atoms with van der Waals surface area (Å²) in [6.07, 6.45) is 3.04. The molecule has 6 nitrogen and oxygen atoms in total. The van der Waals surface area contributed by atoms with Gasteiger partial charge in [-0.25, -0.2) is 8.42 Å². The molecule has 1 heterocycles. The van der Waals surface area contributed by atoms with Crippen molar-refractivity contribution in [3.8, 4) is 0 Å². The fraction of sp³-hybridized carbons (Fsp3) is 0.562. The van der Waals surface area contributed by atoms with E-state index in [-0.39, 0.29) is 25.0 Å². The normalized spacial score (nSPS) is 18.3. The van der Waals surface area contributed by atoms with Crippen molar-refractivity contribution < 1.29 is 17.9 Å². The summed E-state index contributed by atoms with van der Waals surface area (Å²) in [6.45, 7) is 3.13. The first-order valence-electron chi connectivity index (χ1n) is 7.78. The number of nitrogens with zero attached hydrogens (tertiary/aromatic N) is 1. The highest BCUT2D eigenvalue weighted by Gasteiger charge is 2.25. The van der Waals surface area contributed by atoms with Crippen LogP contribution in [0, 0.1) is 6.92 Å². The van der Waals surface area contributed by atoms with E-state index in [0.717, 1.165) is 18.4 Å². The number of aryl methyl sites for hydroxylation is 1. The van der Waals surface area contributed by atoms with E-state index in [0.29, 0.717) is 18.8 Å². The summed E-state index contributed by atoms with van der Waals surface area (Å²) in [6, 6.07) is 7.48. The minimum Gasteiger partial charge on any atom is -0.377 e. The number of hydrogen-bond acceptors (Lipinski definition) is 4. The van der Waals surface area contributed by atoms with Gasteiger partial charge in [-0.2, -0.15) is 4.31 Å². The van der Waals surface area contributed by atoms with Gasteiger partial charge in [-0.1, -0.05) is 17.7 Å². The molecule has 1 aromatic rings.